The van der Waals surface area contributed by atoms with Gasteiger partial charge >= 0.3 is 0 Å². The van der Waals surface area contributed by atoms with Crippen LogP contribution in [-0.4, -0.2) is 17.7 Å². The number of thiazole rings is 1. The lowest BCUT2D eigenvalue weighted by Crippen LogP contribution is -2.13. The number of hydrogen-bond acceptors (Lipinski definition) is 6. The Labute approximate surface area is 146 Å². The topological polar surface area (TPSA) is 72.5 Å². The van der Waals surface area contributed by atoms with Crippen LogP contribution < -0.4 is 20.1 Å². The van der Waals surface area contributed by atoms with Crippen molar-refractivity contribution < 1.29 is 18.7 Å². The summed E-state index contributed by atoms with van der Waals surface area (Å²) in [5.74, 6) is 0.374. The average molecular weight is 357 g/mol. The maximum Gasteiger partial charge on any atom is 0.275 e. The Morgan fingerprint density at radius 1 is 1.16 bits per heavy atom. The second-order valence-electron chi connectivity index (χ2n) is 5.16. The van der Waals surface area contributed by atoms with Crippen LogP contribution in [0.2, 0.25) is 0 Å². The van der Waals surface area contributed by atoms with Crippen LogP contribution in [0, 0.1) is 5.82 Å². The quantitative estimate of drug-likeness (QED) is 0.738. The lowest BCUT2D eigenvalue weighted by atomic mass is 10.3. The zero-order valence-corrected chi connectivity index (χ0v) is 13.6. The van der Waals surface area contributed by atoms with Crippen molar-refractivity contribution in [3.8, 4) is 11.5 Å². The number of ether oxygens (including phenoxy) is 2. The third-order valence-electron chi connectivity index (χ3n) is 3.48. The number of aromatic nitrogens is 1. The summed E-state index contributed by atoms with van der Waals surface area (Å²) in [5.41, 5.74) is 1.09. The monoisotopic (exact) mass is 357 g/mol. The molecule has 0 saturated heterocycles. The van der Waals surface area contributed by atoms with Crippen molar-refractivity contribution in [1.29, 1.82) is 0 Å². The molecule has 0 radical (unpaired) electrons. The summed E-state index contributed by atoms with van der Waals surface area (Å²) in [6.07, 6.45) is 0. The van der Waals surface area contributed by atoms with E-state index in [9.17, 15) is 9.18 Å². The molecule has 3 aromatic rings. The van der Waals surface area contributed by atoms with Gasteiger partial charge in [0, 0.05) is 17.1 Å². The van der Waals surface area contributed by atoms with Gasteiger partial charge in [0.25, 0.3) is 5.91 Å². The van der Waals surface area contributed by atoms with Gasteiger partial charge < -0.3 is 20.1 Å². The molecule has 4 rings (SSSR count). The third kappa shape index (κ3) is 3.24. The number of carbonyl (C=O) groups is 1. The summed E-state index contributed by atoms with van der Waals surface area (Å²) in [4.78, 5) is 16.4. The molecule has 8 heteroatoms. The zero-order chi connectivity index (χ0) is 17.2. The van der Waals surface area contributed by atoms with Crippen molar-refractivity contribution in [1.82, 2.24) is 4.98 Å². The molecule has 0 aliphatic carbocycles. The van der Waals surface area contributed by atoms with E-state index < -0.39 is 11.7 Å². The second-order valence-corrected chi connectivity index (χ2v) is 6.02. The Balaban J connectivity index is 1.46. The van der Waals surface area contributed by atoms with Crippen LogP contribution in [0.5, 0.6) is 11.5 Å². The number of para-hydroxylation sites is 1. The van der Waals surface area contributed by atoms with Gasteiger partial charge in [-0.1, -0.05) is 12.1 Å². The van der Waals surface area contributed by atoms with E-state index >= 15 is 0 Å². The van der Waals surface area contributed by atoms with Crippen LogP contribution in [0.4, 0.5) is 20.9 Å². The summed E-state index contributed by atoms with van der Waals surface area (Å²) in [7, 11) is 0. The van der Waals surface area contributed by atoms with Gasteiger partial charge in [0.05, 0.1) is 5.69 Å². The fourth-order valence-electron chi connectivity index (χ4n) is 2.28. The maximum atomic E-state index is 13.6. The molecule has 0 saturated carbocycles. The fraction of sp³-hybridized carbons (Fsp3) is 0.0588. The number of rotatable bonds is 4. The lowest BCUT2D eigenvalue weighted by molar-refractivity contribution is 0.102. The molecular weight excluding hydrogens is 345 g/mol. The first kappa shape index (κ1) is 15.4. The summed E-state index contributed by atoms with van der Waals surface area (Å²) >= 11 is 1.27. The fourth-order valence-corrected chi connectivity index (χ4v) is 2.99. The normalized spacial score (nSPS) is 12.0. The van der Waals surface area contributed by atoms with E-state index in [0.29, 0.717) is 16.6 Å². The molecule has 1 amide bonds. The summed E-state index contributed by atoms with van der Waals surface area (Å²) < 4.78 is 24.2. The zero-order valence-electron chi connectivity index (χ0n) is 12.8. The maximum absolute atomic E-state index is 13.6. The molecule has 2 heterocycles. The van der Waals surface area contributed by atoms with Crippen molar-refractivity contribution in [3.05, 3.63) is 59.4 Å². The van der Waals surface area contributed by atoms with Gasteiger partial charge in [0.1, 0.15) is 11.5 Å². The Kier molecular flexibility index (Phi) is 3.95. The van der Waals surface area contributed by atoms with Gasteiger partial charge in [-0.25, -0.2) is 9.37 Å². The van der Waals surface area contributed by atoms with E-state index in [2.05, 4.69) is 15.6 Å². The van der Waals surface area contributed by atoms with Crippen LogP contribution >= 0.6 is 11.3 Å². The molecule has 25 heavy (non-hydrogen) atoms. The smallest absolute Gasteiger partial charge is 0.275 e. The summed E-state index contributed by atoms with van der Waals surface area (Å²) in [5, 5.41) is 7.75. The SMILES string of the molecule is O=C(Nc1ccccc1F)c1csc(Nc2ccc3c(c2)OCO3)n1. The molecule has 126 valence electrons. The highest BCUT2D eigenvalue weighted by Crippen LogP contribution is 2.35. The predicted molar refractivity (Wildman–Crippen MR) is 92.3 cm³/mol. The lowest BCUT2D eigenvalue weighted by Gasteiger charge is -2.04. The van der Waals surface area contributed by atoms with Crippen molar-refractivity contribution in [2.24, 2.45) is 0 Å². The van der Waals surface area contributed by atoms with E-state index in [4.69, 9.17) is 9.47 Å². The second kappa shape index (κ2) is 6.40. The molecule has 1 aliphatic heterocycles. The van der Waals surface area contributed by atoms with E-state index in [1.807, 2.05) is 6.07 Å². The van der Waals surface area contributed by atoms with E-state index in [1.165, 1.54) is 23.5 Å². The van der Waals surface area contributed by atoms with Gasteiger partial charge in [-0.3, -0.25) is 4.79 Å². The van der Waals surface area contributed by atoms with E-state index in [-0.39, 0.29) is 18.2 Å². The van der Waals surface area contributed by atoms with Gasteiger partial charge in [-0.2, -0.15) is 0 Å². The number of amides is 1. The van der Waals surface area contributed by atoms with Gasteiger partial charge in [0.2, 0.25) is 6.79 Å². The van der Waals surface area contributed by atoms with E-state index in [1.54, 1.807) is 29.6 Å². The summed E-state index contributed by atoms with van der Waals surface area (Å²) in [6.45, 7) is 0.205. The van der Waals surface area contributed by atoms with Crippen molar-refractivity contribution in [2.45, 2.75) is 0 Å². The van der Waals surface area contributed by atoms with Gasteiger partial charge in [-0.05, 0) is 24.3 Å². The number of halogens is 1. The molecular formula is C17H12FN3O3S. The first-order chi connectivity index (χ1) is 12.2. The van der Waals surface area contributed by atoms with Crippen molar-refractivity contribution in [3.63, 3.8) is 0 Å². The minimum Gasteiger partial charge on any atom is -0.454 e. The Morgan fingerprint density at radius 2 is 2.00 bits per heavy atom. The predicted octanol–water partition coefficient (Wildman–Crippen LogP) is 4.01. The third-order valence-corrected chi connectivity index (χ3v) is 4.24. The molecule has 2 aromatic carbocycles. The van der Waals surface area contributed by atoms with Crippen molar-refractivity contribution >= 4 is 33.8 Å². The number of anilines is 3. The molecule has 1 aromatic heterocycles. The number of fused-ring (bicyclic) bond motifs is 1. The van der Waals surface area contributed by atoms with Crippen LogP contribution in [0.3, 0.4) is 0 Å². The first-order valence-corrected chi connectivity index (χ1v) is 8.25. The Bertz CT molecular complexity index is 944. The van der Waals surface area contributed by atoms with Gasteiger partial charge in [-0.15, -0.1) is 11.3 Å². The molecule has 0 spiro atoms. The molecule has 0 fully saturated rings. The highest BCUT2D eigenvalue weighted by Gasteiger charge is 2.15. The first-order valence-electron chi connectivity index (χ1n) is 7.37. The summed E-state index contributed by atoms with van der Waals surface area (Å²) in [6, 6.07) is 11.4. The van der Waals surface area contributed by atoms with Crippen molar-refractivity contribution in [2.75, 3.05) is 17.4 Å². The highest BCUT2D eigenvalue weighted by atomic mass is 32.1. The number of carbonyl (C=O) groups excluding carboxylic acids is 1. The highest BCUT2D eigenvalue weighted by molar-refractivity contribution is 7.14. The molecule has 6 nitrogen and oxygen atoms in total. The van der Waals surface area contributed by atoms with Crippen LogP contribution in [0.1, 0.15) is 10.5 Å². The molecule has 0 atom stereocenters. The molecule has 0 bridgehead atoms. The molecule has 2 N–H and O–H groups in total. The minimum absolute atomic E-state index is 0.116. The number of nitrogens with zero attached hydrogens (tertiary/aromatic N) is 1. The van der Waals surface area contributed by atoms with Crippen LogP contribution in [-0.2, 0) is 0 Å². The molecule has 1 aliphatic rings. The number of nitrogens with one attached hydrogen (secondary N) is 2. The Morgan fingerprint density at radius 3 is 2.88 bits per heavy atom. The van der Waals surface area contributed by atoms with E-state index in [0.717, 1.165) is 5.69 Å². The van der Waals surface area contributed by atoms with Gasteiger partial charge in [0.15, 0.2) is 16.6 Å². The Hall–Kier alpha value is -3.13. The number of hydrogen-bond donors (Lipinski definition) is 2. The largest absolute Gasteiger partial charge is 0.454 e. The number of benzene rings is 2. The average Bonchev–Trinajstić information content (AvgIpc) is 3.26. The standard InChI is InChI=1S/C17H12FN3O3S/c18-11-3-1-2-4-12(11)20-16(22)13-8-25-17(21-13)19-10-5-6-14-15(7-10)24-9-23-14/h1-8H,9H2,(H,19,21)(H,20,22). The minimum atomic E-state index is -0.496. The van der Waals surface area contributed by atoms with Crippen LogP contribution in [0.25, 0.3) is 0 Å². The molecule has 0 unspecified atom stereocenters. The van der Waals surface area contributed by atoms with Crippen LogP contribution in [0.15, 0.2) is 47.8 Å².